The number of benzene rings is 3. The van der Waals surface area contributed by atoms with Crippen molar-refractivity contribution in [3.63, 3.8) is 0 Å². The van der Waals surface area contributed by atoms with Crippen LogP contribution in [0.2, 0.25) is 0 Å². The lowest BCUT2D eigenvalue weighted by molar-refractivity contribution is -0.138. The van der Waals surface area contributed by atoms with Crippen molar-refractivity contribution in [2.75, 3.05) is 7.11 Å². The molecule has 3 aromatic rings. The molecule has 3 heteroatoms. The Hall–Kier alpha value is -2.81. The van der Waals surface area contributed by atoms with Crippen molar-refractivity contribution < 1.29 is 14.6 Å². The fourth-order valence-electron chi connectivity index (χ4n) is 2.78. The molecule has 1 atom stereocenters. The molecule has 0 saturated heterocycles. The summed E-state index contributed by atoms with van der Waals surface area (Å²) in [5.41, 5.74) is 1.84. The average Bonchev–Trinajstić information content (AvgIpc) is 2.59. The number of carboxylic acids is 1. The molecule has 0 aliphatic rings. The Bertz CT molecular complexity index is 825. The summed E-state index contributed by atoms with van der Waals surface area (Å²) in [7, 11) is 1.63. The lowest BCUT2D eigenvalue weighted by atomic mass is 9.90. The molecule has 0 bridgehead atoms. The van der Waals surface area contributed by atoms with Crippen molar-refractivity contribution in [2.45, 2.75) is 12.3 Å². The highest BCUT2D eigenvalue weighted by molar-refractivity contribution is 5.86. The van der Waals surface area contributed by atoms with Crippen molar-refractivity contribution in [2.24, 2.45) is 0 Å². The van der Waals surface area contributed by atoms with E-state index in [4.69, 9.17) is 4.74 Å². The van der Waals surface area contributed by atoms with Crippen LogP contribution in [0.25, 0.3) is 10.8 Å². The van der Waals surface area contributed by atoms with Gasteiger partial charge in [-0.25, -0.2) is 0 Å². The molecular formula is C20H18O3. The second kappa shape index (κ2) is 6.53. The van der Waals surface area contributed by atoms with Gasteiger partial charge in [0.2, 0.25) is 0 Å². The first kappa shape index (κ1) is 15.1. The molecule has 0 spiro atoms. The maximum absolute atomic E-state index is 11.7. The molecule has 0 radical (unpaired) electrons. The van der Waals surface area contributed by atoms with E-state index < -0.39 is 11.9 Å². The van der Waals surface area contributed by atoms with Gasteiger partial charge in [0.05, 0.1) is 13.0 Å². The molecule has 1 unspecified atom stereocenters. The fraction of sp³-hybridized carbons (Fsp3) is 0.150. The Morgan fingerprint density at radius 2 is 1.70 bits per heavy atom. The van der Waals surface area contributed by atoms with Crippen LogP contribution in [0.1, 0.15) is 17.0 Å². The normalized spacial score (nSPS) is 12.0. The number of methoxy groups -OCH3 is 1. The summed E-state index contributed by atoms with van der Waals surface area (Å²) in [6.45, 7) is 0. The van der Waals surface area contributed by atoms with Gasteiger partial charge in [0.1, 0.15) is 5.75 Å². The van der Waals surface area contributed by atoms with Crippen molar-refractivity contribution in [3.8, 4) is 5.75 Å². The Morgan fingerprint density at radius 1 is 1.00 bits per heavy atom. The van der Waals surface area contributed by atoms with Crippen molar-refractivity contribution in [1.29, 1.82) is 0 Å². The Labute approximate surface area is 135 Å². The van der Waals surface area contributed by atoms with Gasteiger partial charge in [-0.1, -0.05) is 54.6 Å². The Balaban J connectivity index is 1.96. The molecule has 23 heavy (non-hydrogen) atoms. The van der Waals surface area contributed by atoms with Crippen LogP contribution in [0, 0.1) is 0 Å². The minimum absolute atomic E-state index is 0.484. The van der Waals surface area contributed by atoms with Crippen LogP contribution in [0.15, 0.2) is 66.7 Å². The molecule has 3 aromatic carbocycles. The second-order valence-electron chi connectivity index (χ2n) is 5.55. The number of fused-ring (bicyclic) bond motifs is 1. The van der Waals surface area contributed by atoms with Crippen LogP contribution >= 0.6 is 0 Å². The first-order chi connectivity index (χ1) is 11.2. The topological polar surface area (TPSA) is 46.5 Å². The number of hydrogen-bond donors (Lipinski definition) is 1. The van der Waals surface area contributed by atoms with Crippen LogP contribution in [0.3, 0.4) is 0 Å². The maximum Gasteiger partial charge on any atom is 0.311 e. The lowest BCUT2D eigenvalue weighted by Gasteiger charge is -2.14. The van der Waals surface area contributed by atoms with Gasteiger partial charge in [0.15, 0.2) is 0 Å². The minimum atomic E-state index is -0.804. The third-order valence-corrected chi connectivity index (χ3v) is 4.05. The number of ether oxygens (including phenoxy) is 1. The molecule has 3 nitrogen and oxygen atoms in total. The summed E-state index contributed by atoms with van der Waals surface area (Å²) in [6.07, 6.45) is 0.484. The van der Waals surface area contributed by atoms with Gasteiger partial charge in [-0.2, -0.15) is 0 Å². The molecule has 0 aliphatic carbocycles. The largest absolute Gasteiger partial charge is 0.497 e. The highest BCUT2D eigenvalue weighted by atomic mass is 16.5. The molecule has 1 N–H and O–H groups in total. The van der Waals surface area contributed by atoms with Crippen LogP contribution in [-0.2, 0) is 11.2 Å². The monoisotopic (exact) mass is 306 g/mol. The summed E-state index contributed by atoms with van der Waals surface area (Å²) in [4.78, 5) is 11.7. The van der Waals surface area contributed by atoms with Gasteiger partial charge in [-0.15, -0.1) is 0 Å². The highest BCUT2D eigenvalue weighted by Gasteiger charge is 2.20. The van der Waals surface area contributed by atoms with E-state index in [0.29, 0.717) is 6.42 Å². The van der Waals surface area contributed by atoms with Crippen molar-refractivity contribution in [1.82, 2.24) is 0 Å². The lowest BCUT2D eigenvalue weighted by Crippen LogP contribution is -2.14. The summed E-state index contributed by atoms with van der Waals surface area (Å²) in [6, 6.07) is 21.3. The van der Waals surface area contributed by atoms with Crippen LogP contribution in [-0.4, -0.2) is 18.2 Å². The summed E-state index contributed by atoms with van der Waals surface area (Å²) >= 11 is 0. The number of carbonyl (C=O) groups is 1. The smallest absolute Gasteiger partial charge is 0.311 e. The third kappa shape index (κ3) is 3.34. The number of rotatable bonds is 5. The molecule has 0 aromatic heterocycles. The minimum Gasteiger partial charge on any atom is -0.497 e. The molecule has 0 fully saturated rings. The average molecular weight is 306 g/mol. The van der Waals surface area contributed by atoms with Crippen LogP contribution in [0.5, 0.6) is 5.75 Å². The molecule has 116 valence electrons. The summed E-state index contributed by atoms with van der Waals surface area (Å²) in [5.74, 6) is -0.560. The molecular weight excluding hydrogens is 288 g/mol. The van der Waals surface area contributed by atoms with E-state index in [9.17, 15) is 9.90 Å². The number of aliphatic carboxylic acids is 1. The molecule has 0 aliphatic heterocycles. The first-order valence-corrected chi connectivity index (χ1v) is 7.52. The zero-order chi connectivity index (χ0) is 16.2. The molecule has 0 amide bonds. The van der Waals surface area contributed by atoms with E-state index in [1.807, 2.05) is 66.7 Å². The van der Waals surface area contributed by atoms with E-state index in [1.54, 1.807) is 7.11 Å². The Kier molecular flexibility index (Phi) is 4.29. The predicted molar refractivity (Wildman–Crippen MR) is 91.0 cm³/mol. The summed E-state index contributed by atoms with van der Waals surface area (Å²) < 4.78 is 5.22. The summed E-state index contributed by atoms with van der Waals surface area (Å²) in [5, 5.41) is 11.7. The van der Waals surface area contributed by atoms with Gasteiger partial charge >= 0.3 is 5.97 Å². The molecule has 0 saturated carbocycles. The fourth-order valence-corrected chi connectivity index (χ4v) is 2.78. The molecule has 3 rings (SSSR count). The van der Waals surface area contributed by atoms with Gasteiger partial charge < -0.3 is 9.84 Å². The quantitative estimate of drug-likeness (QED) is 0.766. The highest BCUT2D eigenvalue weighted by Crippen LogP contribution is 2.27. The van der Waals surface area contributed by atoms with Gasteiger partial charge in [-0.05, 0) is 40.5 Å². The predicted octanol–water partition coefficient (Wildman–Crippen LogP) is 4.26. The van der Waals surface area contributed by atoms with E-state index in [-0.39, 0.29) is 0 Å². The Morgan fingerprint density at radius 3 is 2.39 bits per heavy atom. The van der Waals surface area contributed by atoms with Crippen LogP contribution < -0.4 is 4.74 Å². The first-order valence-electron chi connectivity index (χ1n) is 7.52. The maximum atomic E-state index is 11.7. The SMILES string of the molecule is COc1ccc2cc(C(Cc3ccccc3)C(=O)O)ccc2c1. The van der Waals surface area contributed by atoms with Gasteiger partial charge in [-0.3, -0.25) is 4.79 Å². The van der Waals surface area contributed by atoms with E-state index in [1.165, 1.54) is 0 Å². The van der Waals surface area contributed by atoms with E-state index in [2.05, 4.69) is 0 Å². The van der Waals surface area contributed by atoms with Gasteiger partial charge in [0.25, 0.3) is 0 Å². The van der Waals surface area contributed by atoms with E-state index in [0.717, 1.165) is 27.6 Å². The third-order valence-electron chi connectivity index (χ3n) is 4.05. The standard InChI is InChI=1S/C20H18O3/c1-23-18-10-9-15-12-17(8-7-16(15)13-18)19(20(21)22)11-14-5-3-2-4-6-14/h2-10,12-13,19H,11H2,1H3,(H,21,22). The number of carboxylic acid groups (broad SMARTS) is 1. The number of hydrogen-bond acceptors (Lipinski definition) is 2. The zero-order valence-corrected chi connectivity index (χ0v) is 12.9. The van der Waals surface area contributed by atoms with Crippen molar-refractivity contribution >= 4 is 16.7 Å². The van der Waals surface area contributed by atoms with Crippen LogP contribution in [0.4, 0.5) is 0 Å². The zero-order valence-electron chi connectivity index (χ0n) is 12.9. The molecule has 0 heterocycles. The second-order valence-corrected chi connectivity index (χ2v) is 5.55. The van der Waals surface area contributed by atoms with Gasteiger partial charge in [0, 0.05) is 0 Å². The van der Waals surface area contributed by atoms with Crippen molar-refractivity contribution in [3.05, 3.63) is 77.9 Å². The van der Waals surface area contributed by atoms with E-state index >= 15 is 0 Å².